The molecule has 2 aromatic rings. The predicted molar refractivity (Wildman–Crippen MR) is 80.6 cm³/mol. The first-order valence-electron chi connectivity index (χ1n) is 6.33. The zero-order valence-corrected chi connectivity index (χ0v) is 11.7. The van der Waals surface area contributed by atoms with Crippen molar-refractivity contribution in [1.29, 1.82) is 0 Å². The van der Waals surface area contributed by atoms with Gasteiger partial charge in [0.2, 0.25) is 0 Å². The lowest BCUT2D eigenvalue weighted by Crippen LogP contribution is -2.03. The van der Waals surface area contributed by atoms with E-state index in [1.165, 1.54) is 11.1 Å². The van der Waals surface area contributed by atoms with Crippen LogP contribution in [0.1, 0.15) is 16.7 Å². The summed E-state index contributed by atoms with van der Waals surface area (Å²) in [6, 6.07) is 12.2. The Morgan fingerprint density at radius 3 is 2.58 bits per heavy atom. The molecule has 0 aromatic heterocycles. The molecule has 0 heterocycles. The molecule has 0 spiro atoms. The summed E-state index contributed by atoms with van der Waals surface area (Å²) < 4.78 is 5.26. The molecule has 0 unspecified atom stereocenters. The van der Waals surface area contributed by atoms with Crippen molar-refractivity contribution in [2.45, 2.75) is 20.4 Å². The second-order valence-electron chi connectivity index (χ2n) is 4.75. The minimum atomic E-state index is 0.748. The van der Waals surface area contributed by atoms with Crippen molar-refractivity contribution < 1.29 is 4.74 Å². The lowest BCUT2D eigenvalue weighted by Gasteiger charge is -2.12. The highest BCUT2D eigenvalue weighted by Gasteiger charge is 2.02. The van der Waals surface area contributed by atoms with Crippen LogP contribution in [0.2, 0.25) is 0 Å². The Hall–Kier alpha value is -2.16. The number of aryl methyl sites for hydroxylation is 2. The van der Waals surface area contributed by atoms with E-state index >= 15 is 0 Å². The third kappa shape index (κ3) is 3.19. The second kappa shape index (κ2) is 5.65. The number of ether oxygens (including phenoxy) is 1. The number of hydrogen-bond donors (Lipinski definition) is 2. The number of nitrogen functional groups attached to an aromatic ring is 1. The van der Waals surface area contributed by atoms with E-state index in [0.717, 1.165) is 29.2 Å². The SMILES string of the molecule is COc1ccc(CNc2cc(C)ccc2N)cc1C. The van der Waals surface area contributed by atoms with Gasteiger partial charge in [0.05, 0.1) is 18.5 Å². The molecule has 19 heavy (non-hydrogen) atoms. The molecule has 3 N–H and O–H groups in total. The van der Waals surface area contributed by atoms with Crippen molar-refractivity contribution in [3.63, 3.8) is 0 Å². The Morgan fingerprint density at radius 1 is 1.11 bits per heavy atom. The maximum absolute atomic E-state index is 5.95. The summed E-state index contributed by atoms with van der Waals surface area (Å²) >= 11 is 0. The molecule has 2 aromatic carbocycles. The molecule has 0 atom stereocenters. The first-order chi connectivity index (χ1) is 9.10. The van der Waals surface area contributed by atoms with Crippen LogP contribution < -0.4 is 15.8 Å². The third-order valence-corrected chi connectivity index (χ3v) is 3.15. The Bertz CT molecular complexity index is 579. The molecule has 0 radical (unpaired) electrons. The fourth-order valence-corrected chi connectivity index (χ4v) is 2.07. The van der Waals surface area contributed by atoms with Gasteiger partial charge in [-0.05, 0) is 48.7 Å². The van der Waals surface area contributed by atoms with Gasteiger partial charge in [-0.2, -0.15) is 0 Å². The molecule has 2 rings (SSSR count). The molecule has 0 saturated carbocycles. The van der Waals surface area contributed by atoms with E-state index in [9.17, 15) is 0 Å². The van der Waals surface area contributed by atoms with E-state index in [-0.39, 0.29) is 0 Å². The Morgan fingerprint density at radius 2 is 1.89 bits per heavy atom. The summed E-state index contributed by atoms with van der Waals surface area (Å²) in [6.45, 7) is 4.85. The highest BCUT2D eigenvalue weighted by Crippen LogP contribution is 2.22. The number of benzene rings is 2. The Kier molecular flexibility index (Phi) is 3.95. The standard InChI is InChI=1S/C16H20N2O/c1-11-4-6-14(17)15(8-11)18-10-13-5-7-16(19-3)12(2)9-13/h4-9,18H,10,17H2,1-3H3. The van der Waals surface area contributed by atoms with E-state index in [0.29, 0.717) is 0 Å². The molecule has 0 aliphatic heterocycles. The van der Waals surface area contributed by atoms with Crippen LogP contribution in [-0.2, 0) is 6.54 Å². The topological polar surface area (TPSA) is 47.3 Å². The van der Waals surface area contributed by atoms with Crippen LogP contribution in [-0.4, -0.2) is 7.11 Å². The van der Waals surface area contributed by atoms with E-state index in [1.54, 1.807) is 7.11 Å². The van der Waals surface area contributed by atoms with Crippen molar-refractivity contribution >= 4 is 11.4 Å². The van der Waals surface area contributed by atoms with Crippen LogP contribution in [0.25, 0.3) is 0 Å². The molecule has 0 fully saturated rings. The van der Waals surface area contributed by atoms with Gasteiger partial charge in [0.25, 0.3) is 0 Å². The quantitative estimate of drug-likeness (QED) is 0.823. The van der Waals surface area contributed by atoms with Gasteiger partial charge in [0.1, 0.15) is 5.75 Å². The fraction of sp³-hybridized carbons (Fsp3) is 0.250. The van der Waals surface area contributed by atoms with Crippen LogP contribution in [0.3, 0.4) is 0 Å². The zero-order chi connectivity index (χ0) is 13.8. The van der Waals surface area contributed by atoms with Gasteiger partial charge in [-0.3, -0.25) is 0 Å². The Balaban J connectivity index is 2.10. The molecule has 100 valence electrons. The highest BCUT2D eigenvalue weighted by molar-refractivity contribution is 5.67. The Labute approximate surface area is 114 Å². The van der Waals surface area contributed by atoms with Gasteiger partial charge in [-0.15, -0.1) is 0 Å². The van der Waals surface area contributed by atoms with Gasteiger partial charge in [-0.25, -0.2) is 0 Å². The third-order valence-electron chi connectivity index (χ3n) is 3.15. The molecule has 0 aliphatic carbocycles. The summed E-state index contributed by atoms with van der Waals surface area (Å²) in [7, 11) is 1.69. The van der Waals surface area contributed by atoms with Crippen LogP contribution in [0, 0.1) is 13.8 Å². The average Bonchev–Trinajstić information content (AvgIpc) is 2.40. The van der Waals surface area contributed by atoms with E-state index in [4.69, 9.17) is 10.5 Å². The summed E-state index contributed by atoms with van der Waals surface area (Å²) in [6.07, 6.45) is 0. The minimum Gasteiger partial charge on any atom is -0.496 e. The van der Waals surface area contributed by atoms with Crippen LogP contribution >= 0.6 is 0 Å². The summed E-state index contributed by atoms with van der Waals surface area (Å²) in [5.74, 6) is 0.916. The van der Waals surface area contributed by atoms with E-state index < -0.39 is 0 Å². The molecular formula is C16H20N2O. The van der Waals surface area contributed by atoms with Gasteiger partial charge in [0, 0.05) is 6.54 Å². The highest BCUT2D eigenvalue weighted by atomic mass is 16.5. The largest absolute Gasteiger partial charge is 0.496 e. The van der Waals surface area contributed by atoms with Gasteiger partial charge < -0.3 is 15.8 Å². The molecule has 0 aliphatic rings. The molecule has 0 amide bonds. The molecular weight excluding hydrogens is 236 g/mol. The fourth-order valence-electron chi connectivity index (χ4n) is 2.07. The first kappa shape index (κ1) is 13.3. The molecule has 0 bridgehead atoms. The van der Waals surface area contributed by atoms with Gasteiger partial charge >= 0.3 is 0 Å². The number of hydrogen-bond acceptors (Lipinski definition) is 3. The number of rotatable bonds is 4. The van der Waals surface area contributed by atoms with Crippen molar-refractivity contribution in [3.05, 3.63) is 53.1 Å². The van der Waals surface area contributed by atoms with Gasteiger partial charge in [0.15, 0.2) is 0 Å². The average molecular weight is 256 g/mol. The number of nitrogens with one attached hydrogen (secondary N) is 1. The molecule has 0 saturated heterocycles. The van der Waals surface area contributed by atoms with Crippen LogP contribution in [0.4, 0.5) is 11.4 Å². The smallest absolute Gasteiger partial charge is 0.121 e. The van der Waals surface area contributed by atoms with E-state index in [2.05, 4.69) is 30.4 Å². The van der Waals surface area contributed by atoms with Crippen molar-refractivity contribution in [2.24, 2.45) is 0 Å². The zero-order valence-electron chi connectivity index (χ0n) is 11.7. The summed E-state index contributed by atoms with van der Waals surface area (Å²) in [5, 5.41) is 3.37. The lowest BCUT2D eigenvalue weighted by atomic mass is 10.1. The molecule has 3 heteroatoms. The monoisotopic (exact) mass is 256 g/mol. The first-order valence-corrected chi connectivity index (χ1v) is 6.33. The maximum atomic E-state index is 5.95. The van der Waals surface area contributed by atoms with Crippen molar-refractivity contribution in [3.8, 4) is 5.75 Å². The summed E-state index contributed by atoms with van der Waals surface area (Å²) in [5.41, 5.74) is 11.2. The maximum Gasteiger partial charge on any atom is 0.121 e. The van der Waals surface area contributed by atoms with Gasteiger partial charge in [-0.1, -0.05) is 18.2 Å². The predicted octanol–water partition coefficient (Wildman–Crippen LogP) is 3.51. The number of anilines is 2. The molecule has 3 nitrogen and oxygen atoms in total. The lowest BCUT2D eigenvalue weighted by molar-refractivity contribution is 0.411. The van der Waals surface area contributed by atoms with E-state index in [1.807, 2.05) is 25.1 Å². The normalized spacial score (nSPS) is 10.3. The number of methoxy groups -OCH3 is 1. The summed E-state index contributed by atoms with van der Waals surface area (Å²) in [4.78, 5) is 0. The second-order valence-corrected chi connectivity index (χ2v) is 4.75. The number of nitrogens with two attached hydrogens (primary N) is 1. The van der Waals surface area contributed by atoms with Crippen molar-refractivity contribution in [2.75, 3.05) is 18.2 Å². The van der Waals surface area contributed by atoms with Crippen LogP contribution in [0.5, 0.6) is 5.75 Å². The van der Waals surface area contributed by atoms with Crippen molar-refractivity contribution in [1.82, 2.24) is 0 Å². The minimum absolute atomic E-state index is 0.748. The van der Waals surface area contributed by atoms with Crippen LogP contribution in [0.15, 0.2) is 36.4 Å².